The molecule has 2 rings (SSSR count). The van der Waals surface area contributed by atoms with Gasteiger partial charge in [-0.2, -0.15) is 5.26 Å². The van der Waals surface area contributed by atoms with Gasteiger partial charge in [-0.25, -0.2) is 0 Å². The van der Waals surface area contributed by atoms with E-state index in [0.29, 0.717) is 5.56 Å². The molecule has 162 valence electrons. The molecule has 0 bridgehead atoms. The average Bonchev–Trinajstić information content (AvgIpc) is 2.68. The fraction of sp³-hybridized carbons (Fsp3) is 0.500. The molecular formula is C20H23NO8S. The third-order valence-electron chi connectivity index (χ3n) is 4.12. The lowest BCUT2D eigenvalue weighted by atomic mass is 9.99. The second-order valence-corrected chi connectivity index (χ2v) is 7.62. The van der Waals surface area contributed by atoms with Gasteiger partial charge in [-0.3, -0.25) is 14.4 Å². The van der Waals surface area contributed by atoms with Crippen LogP contribution in [-0.4, -0.2) is 61.5 Å². The van der Waals surface area contributed by atoms with E-state index in [2.05, 4.69) is 0 Å². The number of nitriles is 1. The van der Waals surface area contributed by atoms with Crippen LogP contribution in [-0.2, 0) is 38.1 Å². The Morgan fingerprint density at radius 2 is 1.60 bits per heavy atom. The lowest BCUT2D eigenvalue weighted by molar-refractivity contribution is -0.233. The minimum Gasteiger partial charge on any atom is -0.456 e. The predicted molar refractivity (Wildman–Crippen MR) is 104 cm³/mol. The van der Waals surface area contributed by atoms with Crippen molar-refractivity contribution < 1.29 is 38.1 Å². The summed E-state index contributed by atoms with van der Waals surface area (Å²) in [6.07, 6.45) is -3.89. The number of ether oxygens (including phenoxy) is 5. The number of carbonyl (C=O) groups is 3. The van der Waals surface area contributed by atoms with Crippen molar-refractivity contribution in [3.05, 3.63) is 29.8 Å². The van der Waals surface area contributed by atoms with Gasteiger partial charge in [0, 0.05) is 32.8 Å². The Morgan fingerprint density at radius 1 is 1.03 bits per heavy atom. The SMILES string of the molecule is COC(Sc1ccc(C#N)cc1)[C@H]1OC[C@@H](OC(C)=O)[C@@H](OC(C)=O)[C@@H]1OC(C)=O. The average molecular weight is 437 g/mol. The maximum atomic E-state index is 11.8. The monoisotopic (exact) mass is 437 g/mol. The summed E-state index contributed by atoms with van der Waals surface area (Å²) in [6.45, 7) is 3.57. The largest absolute Gasteiger partial charge is 0.456 e. The van der Waals surface area contributed by atoms with Crippen LogP contribution in [0.1, 0.15) is 26.3 Å². The van der Waals surface area contributed by atoms with Crippen molar-refractivity contribution in [1.82, 2.24) is 0 Å². The number of hydrogen-bond acceptors (Lipinski definition) is 10. The minimum atomic E-state index is -1.07. The fourth-order valence-electron chi connectivity index (χ4n) is 2.99. The highest BCUT2D eigenvalue weighted by molar-refractivity contribution is 7.99. The molecule has 1 aromatic rings. The van der Waals surface area contributed by atoms with Crippen molar-refractivity contribution in [3.63, 3.8) is 0 Å². The van der Waals surface area contributed by atoms with E-state index in [1.165, 1.54) is 39.6 Å². The maximum absolute atomic E-state index is 11.8. The lowest BCUT2D eigenvalue weighted by Crippen LogP contribution is -2.60. The van der Waals surface area contributed by atoms with Crippen LogP contribution in [0.15, 0.2) is 29.2 Å². The number of carbonyl (C=O) groups excluding carboxylic acids is 3. The standard InChI is InChI=1S/C20H23NO8S/c1-11(22)27-16-10-26-19(18(29-13(3)24)17(16)28-12(2)23)20(25-4)30-15-7-5-14(9-21)6-8-15/h5-8,16-20H,10H2,1-4H3/t16-,17-,18+,19+,20?/m1/s1. The van der Waals surface area contributed by atoms with Crippen LogP contribution in [0.2, 0.25) is 0 Å². The number of esters is 3. The van der Waals surface area contributed by atoms with Gasteiger partial charge in [0.2, 0.25) is 0 Å². The van der Waals surface area contributed by atoms with Crippen molar-refractivity contribution >= 4 is 29.7 Å². The Morgan fingerprint density at radius 3 is 2.10 bits per heavy atom. The maximum Gasteiger partial charge on any atom is 0.303 e. The molecule has 0 saturated carbocycles. The number of benzene rings is 1. The molecule has 0 spiro atoms. The van der Waals surface area contributed by atoms with E-state index in [1.54, 1.807) is 24.3 Å². The van der Waals surface area contributed by atoms with E-state index in [1.807, 2.05) is 6.07 Å². The first kappa shape index (κ1) is 23.7. The molecule has 1 aliphatic rings. The van der Waals surface area contributed by atoms with Crippen molar-refractivity contribution in [3.8, 4) is 6.07 Å². The minimum absolute atomic E-state index is 0.0756. The molecule has 30 heavy (non-hydrogen) atoms. The van der Waals surface area contributed by atoms with E-state index in [0.717, 1.165) is 4.90 Å². The lowest BCUT2D eigenvalue weighted by Gasteiger charge is -2.42. The van der Waals surface area contributed by atoms with Gasteiger partial charge in [-0.05, 0) is 24.3 Å². The summed E-state index contributed by atoms with van der Waals surface area (Å²) in [5.74, 6) is -1.83. The molecule has 1 unspecified atom stereocenters. The van der Waals surface area contributed by atoms with Gasteiger partial charge in [0.15, 0.2) is 18.3 Å². The summed E-state index contributed by atoms with van der Waals surface area (Å²) in [5, 5.41) is 8.94. The Kier molecular flexibility index (Phi) is 8.65. The highest BCUT2D eigenvalue weighted by Gasteiger charge is 2.49. The van der Waals surface area contributed by atoms with Crippen LogP contribution in [0, 0.1) is 11.3 Å². The molecule has 1 heterocycles. The molecule has 1 aliphatic heterocycles. The second-order valence-electron chi connectivity index (χ2n) is 6.45. The summed E-state index contributed by atoms with van der Waals surface area (Å²) in [7, 11) is 1.47. The highest BCUT2D eigenvalue weighted by Crippen LogP contribution is 2.34. The van der Waals surface area contributed by atoms with Gasteiger partial charge in [-0.1, -0.05) is 11.8 Å². The van der Waals surface area contributed by atoms with Crippen molar-refractivity contribution in [2.24, 2.45) is 0 Å². The fourth-order valence-corrected chi connectivity index (χ4v) is 4.02. The Bertz CT molecular complexity index is 806. The van der Waals surface area contributed by atoms with Crippen molar-refractivity contribution in [2.75, 3.05) is 13.7 Å². The molecule has 5 atom stereocenters. The molecule has 0 radical (unpaired) electrons. The van der Waals surface area contributed by atoms with Crippen molar-refractivity contribution in [1.29, 1.82) is 5.26 Å². The van der Waals surface area contributed by atoms with Crippen LogP contribution in [0.5, 0.6) is 0 Å². The first-order valence-electron chi connectivity index (χ1n) is 9.08. The summed E-state index contributed by atoms with van der Waals surface area (Å²) in [4.78, 5) is 35.7. The van der Waals surface area contributed by atoms with Crippen LogP contribution in [0.3, 0.4) is 0 Å². The Labute approximate surface area is 178 Å². The Hall–Kier alpha value is -2.61. The van der Waals surface area contributed by atoms with Crippen LogP contribution >= 0.6 is 11.8 Å². The third-order valence-corrected chi connectivity index (χ3v) is 5.36. The van der Waals surface area contributed by atoms with E-state index in [4.69, 9.17) is 28.9 Å². The van der Waals surface area contributed by atoms with Gasteiger partial charge in [0.05, 0.1) is 18.2 Å². The molecule has 1 saturated heterocycles. The molecule has 0 amide bonds. The number of methoxy groups -OCH3 is 1. The second kappa shape index (κ2) is 11.0. The summed E-state index contributed by atoms with van der Waals surface area (Å²) in [5.41, 5.74) is -0.141. The predicted octanol–water partition coefficient (Wildman–Crippen LogP) is 1.82. The summed E-state index contributed by atoms with van der Waals surface area (Å²) < 4.78 is 27.4. The summed E-state index contributed by atoms with van der Waals surface area (Å²) >= 11 is 1.29. The number of hydrogen-bond donors (Lipinski definition) is 0. The van der Waals surface area contributed by atoms with Crippen LogP contribution in [0.25, 0.3) is 0 Å². The van der Waals surface area contributed by atoms with E-state index in [9.17, 15) is 14.4 Å². The molecule has 1 aromatic carbocycles. The van der Waals surface area contributed by atoms with Crippen LogP contribution in [0.4, 0.5) is 0 Å². The number of rotatable bonds is 7. The zero-order valence-corrected chi connectivity index (χ0v) is 17.8. The van der Waals surface area contributed by atoms with Crippen molar-refractivity contribution in [2.45, 2.75) is 55.5 Å². The van der Waals surface area contributed by atoms with Crippen LogP contribution < -0.4 is 0 Å². The third kappa shape index (κ3) is 6.45. The van der Waals surface area contributed by atoms with Gasteiger partial charge in [0.1, 0.15) is 11.5 Å². The molecule has 1 fully saturated rings. The normalized spacial score (nSPS) is 24.2. The highest BCUT2D eigenvalue weighted by atomic mass is 32.2. The molecule has 10 heteroatoms. The molecule has 0 N–H and O–H groups in total. The summed E-state index contributed by atoms with van der Waals surface area (Å²) in [6, 6.07) is 8.88. The van der Waals surface area contributed by atoms with E-state index in [-0.39, 0.29) is 6.61 Å². The quantitative estimate of drug-likeness (QED) is 0.270. The number of thioether (sulfide) groups is 1. The molecule has 9 nitrogen and oxygen atoms in total. The smallest absolute Gasteiger partial charge is 0.303 e. The molecular weight excluding hydrogens is 414 g/mol. The molecule has 0 aliphatic carbocycles. The van der Waals surface area contributed by atoms with E-state index >= 15 is 0 Å². The Balaban J connectivity index is 2.31. The van der Waals surface area contributed by atoms with Gasteiger partial charge in [-0.15, -0.1) is 0 Å². The first-order valence-corrected chi connectivity index (χ1v) is 9.96. The van der Waals surface area contributed by atoms with Gasteiger partial charge in [0.25, 0.3) is 0 Å². The van der Waals surface area contributed by atoms with E-state index < -0.39 is 47.8 Å². The van der Waals surface area contributed by atoms with Gasteiger partial charge < -0.3 is 23.7 Å². The number of nitrogens with zero attached hydrogens (tertiary/aromatic N) is 1. The first-order chi connectivity index (χ1) is 14.2. The zero-order valence-electron chi connectivity index (χ0n) is 17.0. The zero-order chi connectivity index (χ0) is 22.3. The van der Waals surface area contributed by atoms with Gasteiger partial charge >= 0.3 is 17.9 Å². The molecule has 0 aromatic heterocycles. The topological polar surface area (TPSA) is 121 Å².